The largest absolute Gasteiger partial charge is 0.384 e. The Balaban J connectivity index is 1.57. The van der Waals surface area contributed by atoms with Gasteiger partial charge in [0, 0.05) is 39.0 Å². The summed E-state index contributed by atoms with van der Waals surface area (Å²) in [5.41, 5.74) is 6.65. The van der Waals surface area contributed by atoms with E-state index in [-0.39, 0.29) is 23.6 Å². The molecular formula is C27H38N6O3. The van der Waals surface area contributed by atoms with Gasteiger partial charge in [0.2, 0.25) is 11.8 Å². The van der Waals surface area contributed by atoms with E-state index >= 15 is 0 Å². The molecule has 0 bridgehead atoms. The monoisotopic (exact) mass is 494 g/mol. The van der Waals surface area contributed by atoms with Gasteiger partial charge in [0.05, 0.1) is 5.92 Å². The molecule has 0 aromatic carbocycles. The van der Waals surface area contributed by atoms with Crippen molar-refractivity contribution < 1.29 is 14.4 Å². The summed E-state index contributed by atoms with van der Waals surface area (Å²) >= 11 is 0. The van der Waals surface area contributed by atoms with E-state index in [9.17, 15) is 14.4 Å². The topological polar surface area (TPSA) is 114 Å². The molecule has 3 atom stereocenters. The molecule has 2 N–H and O–H groups in total. The highest BCUT2D eigenvalue weighted by molar-refractivity contribution is 6.12. The van der Waals surface area contributed by atoms with Crippen molar-refractivity contribution in [1.82, 2.24) is 19.7 Å². The molecule has 1 saturated heterocycles. The van der Waals surface area contributed by atoms with E-state index in [2.05, 4.69) is 23.9 Å². The van der Waals surface area contributed by atoms with E-state index < -0.39 is 12.0 Å². The van der Waals surface area contributed by atoms with Crippen molar-refractivity contribution in [3.05, 3.63) is 36.2 Å². The predicted molar refractivity (Wildman–Crippen MR) is 138 cm³/mol. The van der Waals surface area contributed by atoms with Gasteiger partial charge in [0.1, 0.15) is 11.9 Å². The van der Waals surface area contributed by atoms with Gasteiger partial charge in [-0.05, 0) is 41.9 Å². The number of hydrogen-bond acceptors (Lipinski definition) is 6. The number of nitrogens with two attached hydrogens (primary N) is 1. The van der Waals surface area contributed by atoms with Crippen LogP contribution in [0, 0.1) is 23.7 Å². The molecule has 1 aliphatic heterocycles. The van der Waals surface area contributed by atoms with Crippen molar-refractivity contribution in [2.45, 2.75) is 64.8 Å². The summed E-state index contributed by atoms with van der Waals surface area (Å²) in [7, 11) is 3.41. The summed E-state index contributed by atoms with van der Waals surface area (Å²) in [5.74, 6) is 0.352. The normalized spacial score (nSPS) is 21.4. The highest BCUT2D eigenvalue weighted by Gasteiger charge is 2.55. The number of imide groups is 1. The van der Waals surface area contributed by atoms with Crippen molar-refractivity contribution in [2.75, 3.05) is 17.7 Å². The van der Waals surface area contributed by atoms with Gasteiger partial charge in [-0.3, -0.25) is 28.9 Å². The van der Waals surface area contributed by atoms with Crippen LogP contribution in [0.15, 0.2) is 30.6 Å². The Kier molecular flexibility index (Phi) is 7.76. The van der Waals surface area contributed by atoms with Gasteiger partial charge >= 0.3 is 0 Å². The van der Waals surface area contributed by atoms with Gasteiger partial charge in [0.15, 0.2) is 5.82 Å². The molecule has 0 radical (unpaired) electrons. The molecule has 1 saturated carbocycles. The number of carbonyl (C=O) groups is 3. The first-order valence-electron chi connectivity index (χ1n) is 13.0. The molecule has 9 heteroatoms. The fourth-order valence-electron chi connectivity index (χ4n) is 5.89. The first-order chi connectivity index (χ1) is 17.2. The Morgan fingerprint density at radius 3 is 2.53 bits per heavy atom. The van der Waals surface area contributed by atoms with E-state index in [0.29, 0.717) is 36.3 Å². The molecule has 4 rings (SSSR count). The number of hydrogen-bond donors (Lipinski definition) is 1. The van der Waals surface area contributed by atoms with Crippen LogP contribution in [0.3, 0.4) is 0 Å². The second-order valence-corrected chi connectivity index (χ2v) is 10.7. The zero-order chi connectivity index (χ0) is 26.0. The number of likely N-dealkylation sites (N-methyl/N-ethyl adjacent to an activating group) is 1. The number of nitrogens with zero attached hydrogens (tertiary/aromatic N) is 5. The Bertz CT molecular complexity index is 1110. The number of likely N-dealkylation sites (tertiary alicyclic amines) is 1. The Morgan fingerprint density at radius 2 is 1.92 bits per heavy atom. The molecule has 1 aliphatic carbocycles. The lowest BCUT2D eigenvalue weighted by Crippen LogP contribution is -2.69. The van der Waals surface area contributed by atoms with Gasteiger partial charge in [-0.25, -0.2) is 4.98 Å². The van der Waals surface area contributed by atoms with Crippen LogP contribution in [-0.4, -0.2) is 50.5 Å². The molecule has 36 heavy (non-hydrogen) atoms. The van der Waals surface area contributed by atoms with Crippen LogP contribution in [0.4, 0.5) is 11.6 Å². The average molecular weight is 495 g/mol. The van der Waals surface area contributed by atoms with Crippen LogP contribution in [0.1, 0.15) is 57.9 Å². The number of anilines is 2. The fourth-order valence-corrected chi connectivity index (χ4v) is 5.89. The van der Waals surface area contributed by atoms with Crippen molar-refractivity contribution >= 4 is 29.4 Å². The van der Waals surface area contributed by atoms with Crippen LogP contribution in [-0.2, 0) is 27.9 Å². The zero-order valence-electron chi connectivity index (χ0n) is 21.8. The van der Waals surface area contributed by atoms with Crippen molar-refractivity contribution in [1.29, 1.82) is 0 Å². The molecular weight excluding hydrogens is 456 g/mol. The minimum absolute atomic E-state index is 0.203. The van der Waals surface area contributed by atoms with Crippen LogP contribution in [0.5, 0.6) is 0 Å². The van der Waals surface area contributed by atoms with E-state index in [0.717, 1.165) is 18.4 Å². The van der Waals surface area contributed by atoms with Crippen molar-refractivity contribution in [3.8, 4) is 0 Å². The summed E-state index contributed by atoms with van der Waals surface area (Å²) in [6.07, 6.45) is 9.83. The van der Waals surface area contributed by atoms with Crippen LogP contribution >= 0.6 is 0 Å². The molecule has 2 aromatic rings. The number of carbonyl (C=O) groups excluding carboxylic acids is 3. The maximum absolute atomic E-state index is 13.7. The molecule has 3 heterocycles. The lowest BCUT2D eigenvalue weighted by Gasteiger charge is -2.46. The number of nitrogen functional groups attached to an aromatic ring is 1. The average Bonchev–Trinajstić information content (AvgIpc) is 3.29. The van der Waals surface area contributed by atoms with Gasteiger partial charge < -0.3 is 5.73 Å². The maximum Gasteiger partial charge on any atom is 0.252 e. The van der Waals surface area contributed by atoms with Gasteiger partial charge in [-0.1, -0.05) is 46.0 Å². The summed E-state index contributed by atoms with van der Waals surface area (Å²) in [6.45, 7) is 4.30. The first kappa shape index (κ1) is 25.9. The maximum atomic E-state index is 13.7. The molecule has 0 spiro atoms. The minimum Gasteiger partial charge on any atom is -0.384 e. The summed E-state index contributed by atoms with van der Waals surface area (Å²) in [6, 6.07) is 4.36. The quantitative estimate of drug-likeness (QED) is 0.564. The summed E-state index contributed by atoms with van der Waals surface area (Å²) in [5, 5.41) is 4.32. The highest BCUT2D eigenvalue weighted by atomic mass is 16.2. The fraction of sp³-hybridized carbons (Fsp3) is 0.593. The molecule has 2 aromatic heterocycles. The molecule has 0 unspecified atom stereocenters. The van der Waals surface area contributed by atoms with E-state index in [1.165, 1.54) is 29.1 Å². The second kappa shape index (κ2) is 10.8. The number of β-lactam (4-membered cyclic amide) rings is 1. The van der Waals surface area contributed by atoms with Crippen molar-refractivity contribution in [3.63, 3.8) is 0 Å². The SMILES string of the molecule is CC(C)[C@@H](CC(=O)N1C(=O)[C@H](Cc2ccnc(N)c2)[C@H]1C(=O)N(C)c1ccn(C)n1)C1CCCCC1. The standard InChI is InChI=1S/C27H38N6O3/c1-17(2)20(19-8-6-5-7-9-19)16-24(34)33-25(27(36)32(4)23-11-13-31(3)30-23)21(26(33)35)14-18-10-12-29-22(28)15-18/h10-13,15,17,19-21,25H,5-9,14,16H2,1-4H3,(H2,28,29)/t20-,21-,25+/m1/s1. The van der Waals surface area contributed by atoms with Gasteiger partial charge in [-0.2, -0.15) is 5.10 Å². The lowest BCUT2D eigenvalue weighted by molar-refractivity contribution is -0.171. The van der Waals surface area contributed by atoms with E-state index in [1.807, 2.05) is 0 Å². The third-order valence-corrected chi connectivity index (χ3v) is 7.93. The minimum atomic E-state index is -0.870. The molecule has 194 valence electrons. The Hall–Kier alpha value is -3.23. The Labute approximate surface area is 213 Å². The van der Waals surface area contributed by atoms with Gasteiger partial charge in [0.25, 0.3) is 5.91 Å². The third kappa shape index (κ3) is 5.29. The summed E-state index contributed by atoms with van der Waals surface area (Å²) in [4.78, 5) is 47.3. The predicted octanol–water partition coefficient (Wildman–Crippen LogP) is 3.20. The number of aromatic nitrogens is 3. The van der Waals surface area contributed by atoms with Gasteiger partial charge in [-0.15, -0.1) is 0 Å². The molecule has 9 nitrogen and oxygen atoms in total. The third-order valence-electron chi connectivity index (χ3n) is 7.93. The van der Waals surface area contributed by atoms with E-state index in [1.54, 1.807) is 49.4 Å². The number of pyridine rings is 1. The van der Waals surface area contributed by atoms with Crippen LogP contribution in [0.25, 0.3) is 0 Å². The number of rotatable bonds is 8. The van der Waals surface area contributed by atoms with Crippen LogP contribution in [0.2, 0.25) is 0 Å². The second-order valence-electron chi connectivity index (χ2n) is 10.7. The summed E-state index contributed by atoms with van der Waals surface area (Å²) < 4.78 is 1.61. The smallest absolute Gasteiger partial charge is 0.252 e. The highest BCUT2D eigenvalue weighted by Crippen LogP contribution is 2.39. The van der Waals surface area contributed by atoms with E-state index in [4.69, 9.17) is 5.73 Å². The number of aryl methyl sites for hydroxylation is 1. The molecule has 2 fully saturated rings. The first-order valence-corrected chi connectivity index (χ1v) is 13.0. The molecule has 3 amide bonds. The van der Waals surface area contributed by atoms with Crippen molar-refractivity contribution in [2.24, 2.45) is 30.7 Å². The number of amides is 3. The lowest BCUT2D eigenvalue weighted by atomic mass is 9.73. The Morgan fingerprint density at radius 1 is 1.19 bits per heavy atom. The van der Waals surface area contributed by atoms with Crippen LogP contribution < -0.4 is 10.6 Å². The molecule has 2 aliphatic rings. The zero-order valence-corrected chi connectivity index (χ0v) is 21.8.